The summed E-state index contributed by atoms with van der Waals surface area (Å²) >= 11 is 6.54. The SMILES string of the molecule is Cc1cc(Cn2cc(Br)cc(Br)c2=O)no1. The van der Waals surface area contributed by atoms with E-state index in [1.54, 1.807) is 22.9 Å². The second kappa shape index (κ2) is 4.55. The summed E-state index contributed by atoms with van der Waals surface area (Å²) in [5.41, 5.74) is 0.633. The Balaban J connectivity index is 2.38. The van der Waals surface area contributed by atoms with Crippen LogP contribution in [-0.4, -0.2) is 9.72 Å². The summed E-state index contributed by atoms with van der Waals surface area (Å²) in [6.07, 6.45) is 1.72. The van der Waals surface area contributed by atoms with Crippen molar-refractivity contribution >= 4 is 31.9 Å². The van der Waals surface area contributed by atoms with Gasteiger partial charge < -0.3 is 9.09 Å². The average molecular weight is 348 g/mol. The molecular weight excluding hydrogens is 340 g/mol. The fraction of sp³-hybridized carbons (Fsp3) is 0.200. The molecule has 0 fully saturated rings. The first kappa shape index (κ1) is 11.6. The molecule has 0 aliphatic carbocycles. The minimum Gasteiger partial charge on any atom is -0.361 e. The Morgan fingerprint density at radius 3 is 2.81 bits per heavy atom. The van der Waals surface area contributed by atoms with Gasteiger partial charge in [-0.3, -0.25) is 4.79 Å². The molecule has 0 saturated carbocycles. The van der Waals surface area contributed by atoms with Crippen LogP contribution < -0.4 is 5.56 Å². The zero-order chi connectivity index (χ0) is 11.7. The van der Waals surface area contributed by atoms with Gasteiger partial charge >= 0.3 is 0 Å². The van der Waals surface area contributed by atoms with E-state index in [9.17, 15) is 4.79 Å². The van der Waals surface area contributed by atoms with Crippen molar-refractivity contribution in [1.82, 2.24) is 9.72 Å². The van der Waals surface area contributed by atoms with E-state index < -0.39 is 0 Å². The molecule has 0 unspecified atom stereocenters. The van der Waals surface area contributed by atoms with Gasteiger partial charge in [0.05, 0.1) is 11.0 Å². The lowest BCUT2D eigenvalue weighted by molar-refractivity contribution is 0.388. The number of aryl methyl sites for hydroxylation is 1. The number of hydrogen-bond acceptors (Lipinski definition) is 3. The zero-order valence-corrected chi connectivity index (χ0v) is 11.6. The van der Waals surface area contributed by atoms with Gasteiger partial charge in [0.1, 0.15) is 11.5 Å². The third kappa shape index (κ3) is 2.44. The minimum absolute atomic E-state index is 0.0937. The van der Waals surface area contributed by atoms with Crippen molar-refractivity contribution in [3.05, 3.63) is 49.1 Å². The summed E-state index contributed by atoms with van der Waals surface area (Å²) in [6, 6.07) is 3.52. The van der Waals surface area contributed by atoms with Crippen molar-refractivity contribution in [1.29, 1.82) is 0 Å². The average Bonchev–Trinajstić information content (AvgIpc) is 2.60. The Bertz CT molecular complexity index is 574. The highest BCUT2D eigenvalue weighted by Crippen LogP contribution is 2.13. The maximum absolute atomic E-state index is 11.8. The number of aromatic nitrogens is 2. The largest absolute Gasteiger partial charge is 0.361 e. The molecule has 0 atom stereocenters. The summed E-state index contributed by atoms with van der Waals surface area (Å²) in [5, 5.41) is 3.85. The highest BCUT2D eigenvalue weighted by Gasteiger charge is 2.06. The molecule has 0 aromatic carbocycles. The monoisotopic (exact) mass is 346 g/mol. The molecular formula is C10H8Br2N2O2. The summed E-state index contributed by atoms with van der Waals surface area (Å²) in [7, 11) is 0. The molecule has 0 bridgehead atoms. The van der Waals surface area contributed by atoms with Gasteiger partial charge in [0.15, 0.2) is 0 Å². The molecule has 0 saturated heterocycles. The topological polar surface area (TPSA) is 48.0 Å². The standard InChI is InChI=1S/C10H8Br2N2O2/c1-6-2-8(13-16-6)5-14-4-7(11)3-9(12)10(14)15/h2-4H,5H2,1H3. The quantitative estimate of drug-likeness (QED) is 0.839. The van der Waals surface area contributed by atoms with Crippen LogP contribution in [0.3, 0.4) is 0 Å². The van der Waals surface area contributed by atoms with Crippen molar-refractivity contribution in [3.8, 4) is 0 Å². The first-order chi connectivity index (χ1) is 7.56. The lowest BCUT2D eigenvalue weighted by Gasteiger charge is -2.04. The van der Waals surface area contributed by atoms with Gasteiger partial charge in [-0.25, -0.2) is 0 Å². The van der Waals surface area contributed by atoms with Gasteiger partial charge in [-0.2, -0.15) is 0 Å². The number of pyridine rings is 1. The first-order valence-corrected chi connectivity index (χ1v) is 6.12. The number of rotatable bonds is 2. The highest BCUT2D eigenvalue weighted by molar-refractivity contribution is 9.11. The van der Waals surface area contributed by atoms with Crippen LogP contribution >= 0.6 is 31.9 Å². The van der Waals surface area contributed by atoms with Gasteiger partial charge in [0.2, 0.25) is 0 Å². The normalized spacial score (nSPS) is 10.7. The zero-order valence-electron chi connectivity index (χ0n) is 8.41. The highest BCUT2D eigenvalue weighted by atomic mass is 79.9. The molecule has 0 amide bonds. The van der Waals surface area contributed by atoms with Gasteiger partial charge in [0, 0.05) is 16.7 Å². The van der Waals surface area contributed by atoms with Crippen LogP contribution in [0.2, 0.25) is 0 Å². The molecule has 2 heterocycles. The Morgan fingerprint density at radius 2 is 2.19 bits per heavy atom. The Labute approximate surface area is 109 Å². The molecule has 16 heavy (non-hydrogen) atoms. The van der Waals surface area contributed by atoms with E-state index in [0.717, 1.165) is 15.9 Å². The summed E-state index contributed by atoms with van der Waals surface area (Å²) in [5.74, 6) is 0.733. The predicted octanol–water partition coefficient (Wildman–Crippen LogP) is 2.72. The van der Waals surface area contributed by atoms with Gasteiger partial charge in [-0.1, -0.05) is 5.16 Å². The smallest absolute Gasteiger partial charge is 0.265 e. The Hall–Kier alpha value is -0.880. The molecule has 4 nitrogen and oxygen atoms in total. The first-order valence-electron chi connectivity index (χ1n) is 4.54. The van der Waals surface area contributed by atoms with Gasteiger partial charge in [-0.05, 0) is 44.8 Å². The molecule has 84 valence electrons. The van der Waals surface area contributed by atoms with Gasteiger partial charge in [-0.15, -0.1) is 0 Å². The van der Waals surface area contributed by atoms with Crippen LogP contribution in [0.5, 0.6) is 0 Å². The molecule has 2 rings (SSSR count). The van der Waals surface area contributed by atoms with E-state index in [4.69, 9.17) is 4.52 Å². The number of hydrogen-bond donors (Lipinski definition) is 0. The van der Waals surface area contributed by atoms with Crippen LogP contribution in [0.4, 0.5) is 0 Å². The second-order valence-corrected chi connectivity index (χ2v) is 5.14. The number of nitrogens with zero attached hydrogens (tertiary/aromatic N) is 2. The van der Waals surface area contributed by atoms with E-state index >= 15 is 0 Å². The van der Waals surface area contributed by atoms with E-state index in [1.807, 2.05) is 6.92 Å². The van der Waals surface area contributed by atoms with Crippen LogP contribution in [0.25, 0.3) is 0 Å². The van der Waals surface area contributed by atoms with E-state index in [2.05, 4.69) is 37.0 Å². The predicted molar refractivity (Wildman–Crippen MR) is 66.4 cm³/mol. The maximum atomic E-state index is 11.8. The van der Waals surface area contributed by atoms with E-state index in [1.165, 1.54) is 0 Å². The fourth-order valence-corrected chi connectivity index (χ4v) is 2.61. The molecule has 0 N–H and O–H groups in total. The van der Waals surface area contributed by atoms with Crippen molar-refractivity contribution in [2.24, 2.45) is 0 Å². The van der Waals surface area contributed by atoms with Gasteiger partial charge in [0.25, 0.3) is 5.56 Å². The number of halogens is 2. The second-order valence-electron chi connectivity index (χ2n) is 3.37. The Morgan fingerprint density at radius 1 is 1.44 bits per heavy atom. The molecule has 0 aliphatic heterocycles. The van der Waals surface area contributed by atoms with Crippen LogP contribution in [0.15, 0.2) is 36.6 Å². The molecule has 2 aromatic rings. The molecule has 0 spiro atoms. The van der Waals surface area contributed by atoms with E-state index in [0.29, 0.717) is 11.0 Å². The minimum atomic E-state index is -0.0937. The summed E-state index contributed by atoms with van der Waals surface area (Å²) < 4.78 is 7.86. The molecule has 2 aromatic heterocycles. The molecule has 0 radical (unpaired) electrons. The van der Waals surface area contributed by atoms with Crippen molar-refractivity contribution in [3.63, 3.8) is 0 Å². The van der Waals surface area contributed by atoms with Crippen molar-refractivity contribution < 1.29 is 4.52 Å². The molecule has 0 aliphatic rings. The lowest BCUT2D eigenvalue weighted by atomic mass is 10.3. The van der Waals surface area contributed by atoms with Crippen LogP contribution in [0, 0.1) is 6.92 Å². The summed E-state index contributed by atoms with van der Waals surface area (Å²) in [4.78, 5) is 11.8. The third-order valence-corrected chi connectivity index (χ3v) is 3.02. The summed E-state index contributed by atoms with van der Waals surface area (Å²) in [6.45, 7) is 2.21. The molecule has 6 heteroatoms. The lowest BCUT2D eigenvalue weighted by Crippen LogP contribution is -2.20. The van der Waals surface area contributed by atoms with Crippen molar-refractivity contribution in [2.45, 2.75) is 13.5 Å². The van der Waals surface area contributed by atoms with Crippen LogP contribution in [-0.2, 0) is 6.54 Å². The third-order valence-electron chi connectivity index (χ3n) is 2.02. The van der Waals surface area contributed by atoms with E-state index in [-0.39, 0.29) is 5.56 Å². The Kier molecular flexibility index (Phi) is 3.30. The van der Waals surface area contributed by atoms with Crippen molar-refractivity contribution in [2.75, 3.05) is 0 Å². The van der Waals surface area contributed by atoms with Crippen LogP contribution in [0.1, 0.15) is 11.5 Å². The fourth-order valence-electron chi connectivity index (χ4n) is 1.35. The maximum Gasteiger partial charge on any atom is 0.265 e.